The van der Waals surface area contributed by atoms with Crippen molar-refractivity contribution >= 4 is 36.5 Å². The zero-order chi connectivity index (χ0) is 19.4. The Kier molecular flexibility index (Phi) is 4.20. The number of aliphatic imine (C=N–C) groups is 3. The van der Waals surface area contributed by atoms with E-state index in [0.717, 1.165) is 23.4 Å². The molecular weight excluding hydrogens is 344 g/mol. The Morgan fingerprint density at radius 1 is 1.07 bits per heavy atom. The van der Waals surface area contributed by atoms with Gasteiger partial charge in [-0.25, -0.2) is 14.4 Å². The number of hydrogen-bond acceptors (Lipinski definition) is 5. The zero-order valence-corrected chi connectivity index (χ0v) is 16.3. The molecule has 0 radical (unpaired) electrons. The number of hydrogen-bond donors (Lipinski definition) is 0. The van der Waals surface area contributed by atoms with Crippen LogP contribution >= 0.6 is 0 Å². The first-order valence-corrected chi connectivity index (χ1v) is 9.28. The molecule has 5 nitrogen and oxygen atoms in total. The molecule has 0 aliphatic carbocycles. The summed E-state index contributed by atoms with van der Waals surface area (Å²) in [4.78, 5) is 13.4. The van der Waals surface area contributed by atoms with Gasteiger partial charge in [0, 0.05) is 23.2 Å². The Labute approximate surface area is 159 Å². The van der Waals surface area contributed by atoms with Crippen LogP contribution in [0, 0.1) is 11.7 Å². The summed E-state index contributed by atoms with van der Waals surface area (Å²) in [6.45, 7) is 9.89. The Hall–Kier alpha value is -2.12. The number of halogens is 1. The van der Waals surface area contributed by atoms with Crippen molar-refractivity contribution in [2.24, 2.45) is 20.9 Å². The van der Waals surface area contributed by atoms with E-state index in [2.05, 4.69) is 21.9 Å². The topological polar surface area (TPSA) is 55.5 Å². The second kappa shape index (κ2) is 6.21. The van der Waals surface area contributed by atoms with Crippen LogP contribution in [0.25, 0.3) is 5.70 Å². The maximum Gasteiger partial charge on any atom is 0.497 e. The first kappa shape index (κ1) is 18.3. The second-order valence-electron chi connectivity index (χ2n) is 8.07. The van der Waals surface area contributed by atoms with Gasteiger partial charge >= 0.3 is 7.12 Å². The SMILES string of the molecule is CCC1C=NC(c2ccc(F)c(B3OC(C)(C)C(C)(C)O3)c2)=C2N=CN=C21. The first-order chi connectivity index (χ1) is 12.7. The Balaban J connectivity index is 1.74. The van der Waals surface area contributed by atoms with E-state index in [4.69, 9.17) is 9.31 Å². The largest absolute Gasteiger partial charge is 0.497 e. The van der Waals surface area contributed by atoms with Crippen molar-refractivity contribution in [3.05, 3.63) is 35.3 Å². The molecule has 7 heteroatoms. The summed E-state index contributed by atoms with van der Waals surface area (Å²) in [6, 6.07) is 4.89. The van der Waals surface area contributed by atoms with Crippen LogP contribution in [-0.2, 0) is 9.31 Å². The number of allylic oxidation sites excluding steroid dienone is 1. The summed E-state index contributed by atoms with van der Waals surface area (Å²) >= 11 is 0. The van der Waals surface area contributed by atoms with Gasteiger partial charge in [-0.05, 0) is 46.2 Å². The molecule has 27 heavy (non-hydrogen) atoms. The van der Waals surface area contributed by atoms with E-state index in [1.165, 1.54) is 6.07 Å². The molecular formula is C20H23BFN3O2. The lowest BCUT2D eigenvalue weighted by Gasteiger charge is -2.32. The third-order valence-corrected chi connectivity index (χ3v) is 5.80. The Morgan fingerprint density at radius 2 is 1.78 bits per heavy atom. The third-order valence-electron chi connectivity index (χ3n) is 5.80. The lowest BCUT2D eigenvalue weighted by Crippen LogP contribution is -2.41. The van der Waals surface area contributed by atoms with Gasteiger partial charge in [-0.2, -0.15) is 0 Å². The van der Waals surface area contributed by atoms with Crippen LogP contribution < -0.4 is 5.46 Å². The molecule has 0 spiro atoms. The molecule has 1 aromatic rings. The third kappa shape index (κ3) is 2.89. The summed E-state index contributed by atoms with van der Waals surface area (Å²) in [5.74, 6) is -0.202. The standard InChI is InChI=1S/C20H23BFN3O2/c1-6-12-10-23-17(18-16(12)24-11-25-18)13-7-8-15(22)14(9-13)21-26-19(2,3)20(4,5)27-21/h7-12H,6H2,1-5H3. The molecule has 0 aromatic heterocycles. The van der Waals surface area contributed by atoms with Gasteiger partial charge in [0.1, 0.15) is 17.9 Å². The highest BCUT2D eigenvalue weighted by Gasteiger charge is 2.52. The maximum atomic E-state index is 14.6. The average molecular weight is 367 g/mol. The van der Waals surface area contributed by atoms with Gasteiger partial charge in [0.2, 0.25) is 0 Å². The van der Waals surface area contributed by atoms with E-state index in [0.29, 0.717) is 11.2 Å². The van der Waals surface area contributed by atoms with E-state index in [9.17, 15) is 4.39 Å². The average Bonchev–Trinajstić information content (AvgIpc) is 3.17. The molecule has 4 rings (SSSR count). The van der Waals surface area contributed by atoms with Crippen LogP contribution in [0.3, 0.4) is 0 Å². The molecule has 0 amide bonds. The molecule has 0 N–H and O–H groups in total. The van der Waals surface area contributed by atoms with Crippen molar-refractivity contribution in [3.8, 4) is 0 Å². The predicted octanol–water partition coefficient (Wildman–Crippen LogP) is 3.39. The van der Waals surface area contributed by atoms with E-state index >= 15 is 0 Å². The van der Waals surface area contributed by atoms with Gasteiger partial charge in [0.25, 0.3) is 0 Å². The lowest BCUT2D eigenvalue weighted by molar-refractivity contribution is 0.00578. The van der Waals surface area contributed by atoms with Crippen molar-refractivity contribution in [3.63, 3.8) is 0 Å². The van der Waals surface area contributed by atoms with Crippen molar-refractivity contribution in [1.82, 2.24) is 0 Å². The summed E-state index contributed by atoms with van der Waals surface area (Å²) in [7, 11) is -0.767. The van der Waals surface area contributed by atoms with Gasteiger partial charge in [-0.3, -0.25) is 4.99 Å². The number of rotatable bonds is 3. The maximum absolute atomic E-state index is 14.6. The number of nitrogens with zero attached hydrogens (tertiary/aromatic N) is 3. The van der Waals surface area contributed by atoms with E-state index in [-0.39, 0.29) is 11.7 Å². The molecule has 3 heterocycles. The normalized spacial score (nSPS) is 25.2. The van der Waals surface area contributed by atoms with Crippen LogP contribution in [0.2, 0.25) is 0 Å². The smallest absolute Gasteiger partial charge is 0.399 e. The highest BCUT2D eigenvalue weighted by molar-refractivity contribution is 6.62. The quantitative estimate of drug-likeness (QED) is 0.769. The first-order valence-electron chi connectivity index (χ1n) is 9.28. The zero-order valence-electron chi connectivity index (χ0n) is 16.3. The fourth-order valence-corrected chi connectivity index (χ4v) is 3.38. The van der Waals surface area contributed by atoms with Gasteiger partial charge in [0.15, 0.2) is 0 Å². The van der Waals surface area contributed by atoms with Crippen LogP contribution in [0.1, 0.15) is 46.6 Å². The molecule has 0 saturated carbocycles. The Bertz CT molecular complexity index is 902. The Morgan fingerprint density at radius 3 is 2.44 bits per heavy atom. The molecule has 1 saturated heterocycles. The number of benzene rings is 1. The number of fused-ring (bicyclic) bond motifs is 1. The minimum absolute atomic E-state index is 0.161. The fourth-order valence-electron chi connectivity index (χ4n) is 3.38. The van der Waals surface area contributed by atoms with Gasteiger partial charge < -0.3 is 9.31 Å². The van der Waals surface area contributed by atoms with Gasteiger partial charge in [0.05, 0.1) is 22.6 Å². The lowest BCUT2D eigenvalue weighted by atomic mass is 9.77. The van der Waals surface area contributed by atoms with E-state index in [1.807, 2.05) is 33.9 Å². The molecule has 1 aromatic carbocycles. The summed E-state index contributed by atoms with van der Waals surface area (Å²) in [6.07, 6.45) is 4.36. The van der Waals surface area contributed by atoms with Crippen LogP contribution in [0.4, 0.5) is 4.39 Å². The van der Waals surface area contributed by atoms with Crippen LogP contribution in [0.15, 0.2) is 38.9 Å². The summed E-state index contributed by atoms with van der Waals surface area (Å²) < 4.78 is 26.7. The molecule has 140 valence electrons. The minimum atomic E-state index is -0.767. The molecule has 1 unspecified atom stereocenters. The molecule has 1 fully saturated rings. The van der Waals surface area contributed by atoms with E-state index < -0.39 is 18.3 Å². The predicted molar refractivity (Wildman–Crippen MR) is 107 cm³/mol. The van der Waals surface area contributed by atoms with Gasteiger partial charge in [-0.1, -0.05) is 13.0 Å². The van der Waals surface area contributed by atoms with Crippen molar-refractivity contribution in [2.45, 2.75) is 52.2 Å². The van der Waals surface area contributed by atoms with Crippen molar-refractivity contribution < 1.29 is 13.7 Å². The molecule has 1 atom stereocenters. The van der Waals surface area contributed by atoms with Crippen LogP contribution in [0.5, 0.6) is 0 Å². The summed E-state index contributed by atoms with van der Waals surface area (Å²) in [5.41, 5.74) is 2.45. The molecule has 0 bridgehead atoms. The minimum Gasteiger partial charge on any atom is -0.399 e. The van der Waals surface area contributed by atoms with Gasteiger partial charge in [-0.15, -0.1) is 0 Å². The van der Waals surface area contributed by atoms with Crippen LogP contribution in [-0.4, -0.2) is 36.6 Å². The summed E-state index contributed by atoms with van der Waals surface area (Å²) in [5, 5.41) is 0. The highest BCUT2D eigenvalue weighted by Crippen LogP contribution is 2.37. The fraction of sp³-hybridized carbons (Fsp3) is 0.450. The molecule has 3 aliphatic heterocycles. The van der Waals surface area contributed by atoms with Crippen molar-refractivity contribution in [1.29, 1.82) is 0 Å². The second-order valence-corrected chi connectivity index (χ2v) is 8.07. The molecule has 3 aliphatic rings. The monoisotopic (exact) mass is 367 g/mol. The van der Waals surface area contributed by atoms with E-state index in [1.54, 1.807) is 18.5 Å². The highest BCUT2D eigenvalue weighted by atomic mass is 19.1. The van der Waals surface area contributed by atoms with Crippen molar-refractivity contribution in [2.75, 3.05) is 0 Å².